The van der Waals surface area contributed by atoms with Gasteiger partial charge in [0.25, 0.3) is 11.5 Å². The highest BCUT2D eigenvalue weighted by molar-refractivity contribution is 6.00. The summed E-state index contributed by atoms with van der Waals surface area (Å²) in [6.45, 7) is -0.853. The SMILES string of the molecule is O=C(NC(CO)CO)c1cnccc1Nc1c[nH]c(=O)c(-c2ncccc2F)c1. The van der Waals surface area contributed by atoms with Crippen molar-refractivity contribution >= 4 is 17.3 Å². The first-order chi connectivity index (χ1) is 14.0. The molecular formula is C19H18FN5O4. The number of nitrogens with one attached hydrogen (secondary N) is 3. The largest absolute Gasteiger partial charge is 0.394 e. The standard InChI is InChI=1S/C19H18FN5O4/c20-15-2-1-4-22-17(15)13-6-11(7-23-18(13)28)24-16-3-5-21-8-14(16)19(29)25-12(9-26)10-27/h1-8,12,26-27H,9-10H2,(H,21,24)(H,23,28)(H,25,29). The highest BCUT2D eigenvalue weighted by Crippen LogP contribution is 2.23. The van der Waals surface area contributed by atoms with Crippen LogP contribution in [0.1, 0.15) is 10.4 Å². The van der Waals surface area contributed by atoms with E-state index in [2.05, 4.69) is 25.6 Å². The van der Waals surface area contributed by atoms with Crippen molar-refractivity contribution < 1.29 is 19.4 Å². The summed E-state index contributed by atoms with van der Waals surface area (Å²) in [7, 11) is 0. The average Bonchev–Trinajstić information content (AvgIpc) is 2.74. The van der Waals surface area contributed by atoms with E-state index in [0.717, 1.165) is 0 Å². The number of pyridine rings is 3. The van der Waals surface area contributed by atoms with Gasteiger partial charge in [0.2, 0.25) is 0 Å². The summed E-state index contributed by atoms with van der Waals surface area (Å²) in [5.74, 6) is -1.20. The van der Waals surface area contributed by atoms with Crippen molar-refractivity contribution in [2.45, 2.75) is 6.04 Å². The molecule has 0 aliphatic rings. The summed E-state index contributed by atoms with van der Waals surface area (Å²) in [6, 6.07) is 4.75. The van der Waals surface area contributed by atoms with Crippen LogP contribution in [0, 0.1) is 5.82 Å². The van der Waals surface area contributed by atoms with Crippen LogP contribution >= 0.6 is 0 Å². The van der Waals surface area contributed by atoms with Crippen LogP contribution in [-0.4, -0.2) is 50.3 Å². The monoisotopic (exact) mass is 399 g/mol. The fraction of sp³-hybridized carbons (Fsp3) is 0.158. The summed E-state index contributed by atoms with van der Waals surface area (Å²) in [5, 5.41) is 23.7. The van der Waals surface area contributed by atoms with E-state index in [1.54, 1.807) is 0 Å². The molecule has 3 rings (SSSR count). The number of nitrogens with zero attached hydrogens (tertiary/aromatic N) is 2. The molecule has 5 N–H and O–H groups in total. The Kier molecular flexibility index (Phi) is 6.27. The van der Waals surface area contributed by atoms with Gasteiger partial charge in [0.1, 0.15) is 11.5 Å². The predicted octanol–water partition coefficient (Wildman–Crippen LogP) is 0.798. The number of aromatic amines is 1. The van der Waals surface area contributed by atoms with Crippen molar-refractivity contribution in [1.29, 1.82) is 0 Å². The van der Waals surface area contributed by atoms with E-state index in [0.29, 0.717) is 11.4 Å². The molecule has 0 aliphatic carbocycles. The van der Waals surface area contributed by atoms with Crippen molar-refractivity contribution in [3.05, 3.63) is 70.8 Å². The molecule has 150 valence electrons. The average molecular weight is 399 g/mol. The third kappa shape index (κ3) is 4.62. The number of hydrogen-bond acceptors (Lipinski definition) is 7. The molecule has 29 heavy (non-hydrogen) atoms. The molecule has 0 aliphatic heterocycles. The Morgan fingerprint density at radius 1 is 1.24 bits per heavy atom. The second kappa shape index (κ2) is 9.04. The van der Waals surface area contributed by atoms with Crippen LogP contribution in [0.15, 0.2) is 53.8 Å². The first-order valence-electron chi connectivity index (χ1n) is 8.60. The Labute approximate surface area is 164 Å². The number of amides is 1. The Bertz CT molecular complexity index is 1070. The molecule has 3 heterocycles. The third-order valence-corrected chi connectivity index (χ3v) is 4.04. The van der Waals surface area contributed by atoms with Gasteiger partial charge in [0, 0.05) is 24.8 Å². The van der Waals surface area contributed by atoms with Gasteiger partial charge in [-0.2, -0.15) is 0 Å². The van der Waals surface area contributed by atoms with Gasteiger partial charge in [-0.15, -0.1) is 0 Å². The quantitative estimate of drug-likeness (QED) is 0.396. The number of anilines is 2. The molecule has 0 fully saturated rings. The molecule has 9 nitrogen and oxygen atoms in total. The number of H-pyrrole nitrogens is 1. The molecular weight excluding hydrogens is 381 g/mol. The van der Waals surface area contributed by atoms with Gasteiger partial charge in [-0.25, -0.2) is 4.39 Å². The molecule has 0 aromatic carbocycles. The van der Waals surface area contributed by atoms with E-state index in [1.165, 1.54) is 49.1 Å². The molecule has 0 saturated carbocycles. The Morgan fingerprint density at radius 2 is 2.03 bits per heavy atom. The molecule has 0 radical (unpaired) electrons. The number of rotatable bonds is 7. The molecule has 3 aromatic heterocycles. The summed E-state index contributed by atoms with van der Waals surface area (Å²) in [4.78, 5) is 34.9. The van der Waals surface area contributed by atoms with E-state index in [9.17, 15) is 14.0 Å². The van der Waals surface area contributed by atoms with Gasteiger partial charge < -0.3 is 25.8 Å². The maximum Gasteiger partial charge on any atom is 0.257 e. The Morgan fingerprint density at radius 3 is 2.76 bits per heavy atom. The van der Waals surface area contributed by atoms with E-state index in [1.807, 2.05) is 0 Å². The fourth-order valence-electron chi connectivity index (χ4n) is 2.57. The van der Waals surface area contributed by atoms with Gasteiger partial charge >= 0.3 is 0 Å². The molecule has 0 bridgehead atoms. The number of aromatic nitrogens is 3. The number of carbonyl (C=O) groups is 1. The van der Waals surface area contributed by atoms with Crippen LogP contribution in [0.25, 0.3) is 11.3 Å². The summed E-state index contributed by atoms with van der Waals surface area (Å²) < 4.78 is 14.0. The molecule has 0 unspecified atom stereocenters. The number of carbonyl (C=O) groups excluding carboxylic acids is 1. The second-order valence-electron chi connectivity index (χ2n) is 6.05. The van der Waals surface area contributed by atoms with Gasteiger partial charge in [-0.05, 0) is 24.3 Å². The Balaban J connectivity index is 1.92. The van der Waals surface area contributed by atoms with E-state index in [-0.39, 0.29) is 16.8 Å². The predicted molar refractivity (Wildman–Crippen MR) is 103 cm³/mol. The molecule has 1 amide bonds. The van der Waals surface area contributed by atoms with Crippen LogP contribution < -0.4 is 16.2 Å². The van der Waals surface area contributed by atoms with E-state index < -0.39 is 36.5 Å². The van der Waals surface area contributed by atoms with Crippen LogP contribution in [0.5, 0.6) is 0 Å². The van der Waals surface area contributed by atoms with Crippen molar-refractivity contribution in [3.63, 3.8) is 0 Å². The highest BCUT2D eigenvalue weighted by Gasteiger charge is 2.17. The molecule has 3 aromatic rings. The second-order valence-corrected chi connectivity index (χ2v) is 6.05. The Hall–Kier alpha value is -3.63. The fourth-order valence-corrected chi connectivity index (χ4v) is 2.57. The minimum atomic E-state index is -0.817. The maximum atomic E-state index is 14.0. The van der Waals surface area contributed by atoms with Crippen LogP contribution in [-0.2, 0) is 0 Å². The molecule has 0 atom stereocenters. The van der Waals surface area contributed by atoms with Gasteiger partial charge in [-0.3, -0.25) is 19.6 Å². The van der Waals surface area contributed by atoms with Crippen molar-refractivity contribution in [1.82, 2.24) is 20.3 Å². The van der Waals surface area contributed by atoms with Crippen LogP contribution in [0.4, 0.5) is 15.8 Å². The van der Waals surface area contributed by atoms with Gasteiger partial charge in [0.05, 0.1) is 41.8 Å². The van der Waals surface area contributed by atoms with Crippen LogP contribution in [0.3, 0.4) is 0 Å². The zero-order valence-corrected chi connectivity index (χ0v) is 15.1. The lowest BCUT2D eigenvalue weighted by Crippen LogP contribution is -2.40. The number of halogens is 1. The molecule has 0 spiro atoms. The van der Waals surface area contributed by atoms with E-state index >= 15 is 0 Å². The summed E-state index contributed by atoms with van der Waals surface area (Å²) >= 11 is 0. The van der Waals surface area contributed by atoms with Crippen molar-refractivity contribution in [2.75, 3.05) is 18.5 Å². The maximum absolute atomic E-state index is 14.0. The zero-order valence-electron chi connectivity index (χ0n) is 15.1. The first kappa shape index (κ1) is 20.1. The number of aliphatic hydroxyl groups is 2. The normalized spacial score (nSPS) is 10.8. The van der Waals surface area contributed by atoms with Crippen molar-refractivity contribution in [2.24, 2.45) is 0 Å². The molecule has 10 heteroatoms. The van der Waals surface area contributed by atoms with Gasteiger partial charge in [0.15, 0.2) is 0 Å². The number of hydrogen-bond donors (Lipinski definition) is 5. The minimum absolute atomic E-state index is 0.0220. The molecule has 0 saturated heterocycles. The van der Waals surface area contributed by atoms with Gasteiger partial charge in [-0.1, -0.05) is 0 Å². The topological polar surface area (TPSA) is 140 Å². The smallest absolute Gasteiger partial charge is 0.257 e. The number of aliphatic hydroxyl groups excluding tert-OH is 2. The zero-order chi connectivity index (χ0) is 20.8. The first-order valence-corrected chi connectivity index (χ1v) is 8.60. The lowest BCUT2D eigenvalue weighted by Gasteiger charge is -2.16. The lowest BCUT2D eigenvalue weighted by molar-refractivity contribution is 0.0880. The minimum Gasteiger partial charge on any atom is -0.394 e. The van der Waals surface area contributed by atoms with E-state index in [4.69, 9.17) is 10.2 Å². The van der Waals surface area contributed by atoms with Crippen LogP contribution in [0.2, 0.25) is 0 Å². The third-order valence-electron chi connectivity index (χ3n) is 4.04. The summed E-state index contributed by atoms with van der Waals surface area (Å²) in [6.07, 6.45) is 5.52. The lowest BCUT2D eigenvalue weighted by atomic mass is 10.1. The summed E-state index contributed by atoms with van der Waals surface area (Å²) in [5.41, 5.74) is 0.288. The van der Waals surface area contributed by atoms with Crippen molar-refractivity contribution in [3.8, 4) is 11.3 Å². The highest BCUT2D eigenvalue weighted by atomic mass is 19.1.